The highest BCUT2D eigenvalue weighted by atomic mass is 19.1. The zero-order valence-corrected chi connectivity index (χ0v) is 20.9. The van der Waals surface area contributed by atoms with Gasteiger partial charge in [0.1, 0.15) is 22.7 Å². The van der Waals surface area contributed by atoms with Gasteiger partial charge in [0.2, 0.25) is 5.91 Å². The average molecular weight is 518 g/mol. The second kappa shape index (κ2) is 9.43. The van der Waals surface area contributed by atoms with Gasteiger partial charge in [-0.25, -0.2) is 9.37 Å². The molecule has 1 aliphatic carbocycles. The summed E-state index contributed by atoms with van der Waals surface area (Å²) in [5.41, 5.74) is 6.14. The lowest BCUT2D eigenvalue weighted by atomic mass is 10.0. The Morgan fingerprint density at radius 2 is 1.82 bits per heavy atom. The normalized spacial score (nSPS) is 13.9. The Bertz CT molecular complexity index is 1850. The maximum atomic E-state index is 14.6. The van der Waals surface area contributed by atoms with Crippen LogP contribution in [0.1, 0.15) is 25.7 Å². The van der Waals surface area contributed by atoms with Crippen molar-refractivity contribution < 1.29 is 9.18 Å². The highest BCUT2D eigenvalue weighted by Gasteiger charge is 2.23. The number of H-pyrrole nitrogens is 2. The number of amides is 1. The Balaban J connectivity index is 1.25. The summed E-state index contributed by atoms with van der Waals surface area (Å²) in [6, 6.07) is 16.3. The molecule has 39 heavy (non-hydrogen) atoms. The number of pyridine rings is 2. The fraction of sp³-hybridized carbons (Fsp3) is 0.167. The van der Waals surface area contributed by atoms with E-state index in [0.717, 1.165) is 53.2 Å². The summed E-state index contributed by atoms with van der Waals surface area (Å²) in [5.74, 6) is 0.339. The third-order valence-corrected chi connectivity index (χ3v) is 7.38. The molecule has 1 amide bonds. The number of carbonyl (C=O) groups excluding carboxylic acids is 1. The number of benzene rings is 2. The van der Waals surface area contributed by atoms with E-state index in [9.17, 15) is 9.18 Å². The highest BCUT2D eigenvalue weighted by molar-refractivity contribution is 5.98. The summed E-state index contributed by atoms with van der Waals surface area (Å²) in [4.78, 5) is 29.5. The monoisotopic (exact) mass is 517 g/mol. The molecule has 4 aromatic heterocycles. The van der Waals surface area contributed by atoms with Crippen LogP contribution in [0.25, 0.3) is 55.8 Å². The molecule has 9 heteroatoms. The predicted molar refractivity (Wildman–Crippen MR) is 148 cm³/mol. The molecule has 0 bridgehead atoms. The lowest BCUT2D eigenvalue weighted by molar-refractivity contribution is -0.119. The first-order valence-electron chi connectivity index (χ1n) is 13.0. The van der Waals surface area contributed by atoms with Crippen molar-refractivity contribution in [3.63, 3.8) is 0 Å². The van der Waals surface area contributed by atoms with Gasteiger partial charge in [0.15, 0.2) is 5.82 Å². The van der Waals surface area contributed by atoms with Crippen molar-refractivity contribution in [3.05, 3.63) is 79.0 Å². The third kappa shape index (κ3) is 4.21. The van der Waals surface area contributed by atoms with Crippen molar-refractivity contribution in [2.45, 2.75) is 25.7 Å². The topological polar surface area (TPSA) is 112 Å². The van der Waals surface area contributed by atoms with Crippen molar-refractivity contribution in [3.8, 4) is 33.9 Å². The van der Waals surface area contributed by atoms with Crippen LogP contribution in [0.3, 0.4) is 0 Å². The molecule has 7 rings (SSSR count). The minimum Gasteiger partial charge on any atom is -0.336 e. The van der Waals surface area contributed by atoms with E-state index in [1.165, 1.54) is 6.07 Å². The number of nitrogens with one attached hydrogen (secondary N) is 3. The molecule has 6 aromatic rings. The molecule has 0 saturated heterocycles. The van der Waals surface area contributed by atoms with E-state index >= 15 is 0 Å². The number of anilines is 1. The van der Waals surface area contributed by atoms with Gasteiger partial charge in [-0.15, -0.1) is 0 Å². The molecule has 3 N–H and O–H groups in total. The first-order chi connectivity index (χ1) is 19.1. The molecule has 0 atom stereocenters. The summed E-state index contributed by atoms with van der Waals surface area (Å²) in [6.45, 7) is 0. The largest absolute Gasteiger partial charge is 0.336 e. The maximum Gasteiger partial charge on any atom is 0.227 e. The molecule has 0 aliphatic heterocycles. The zero-order chi connectivity index (χ0) is 26.3. The molecule has 2 aromatic carbocycles. The number of nitrogens with zero attached hydrogens (tertiary/aromatic N) is 4. The van der Waals surface area contributed by atoms with E-state index in [0.29, 0.717) is 34.0 Å². The van der Waals surface area contributed by atoms with Gasteiger partial charge in [0, 0.05) is 34.8 Å². The summed E-state index contributed by atoms with van der Waals surface area (Å²) < 4.78 is 14.6. The molecule has 0 unspecified atom stereocenters. The Kier molecular flexibility index (Phi) is 5.61. The van der Waals surface area contributed by atoms with E-state index in [1.807, 2.05) is 30.3 Å². The Morgan fingerprint density at radius 1 is 0.949 bits per heavy atom. The molecule has 192 valence electrons. The number of hydrogen-bond acceptors (Lipinski definition) is 5. The quantitative estimate of drug-likeness (QED) is 0.242. The van der Waals surface area contributed by atoms with E-state index in [4.69, 9.17) is 4.98 Å². The first kappa shape index (κ1) is 23.2. The highest BCUT2D eigenvalue weighted by Crippen LogP contribution is 2.33. The van der Waals surface area contributed by atoms with Gasteiger partial charge >= 0.3 is 0 Å². The van der Waals surface area contributed by atoms with Crippen LogP contribution < -0.4 is 5.32 Å². The number of imidazole rings is 1. The molecule has 1 aliphatic rings. The van der Waals surface area contributed by atoms with Gasteiger partial charge in [-0.3, -0.25) is 19.9 Å². The van der Waals surface area contributed by atoms with E-state index < -0.39 is 0 Å². The second-order valence-corrected chi connectivity index (χ2v) is 9.89. The van der Waals surface area contributed by atoms with Crippen LogP contribution in [0.15, 0.2) is 73.2 Å². The minimum absolute atomic E-state index is 0.0631. The number of aromatic nitrogens is 6. The van der Waals surface area contributed by atoms with Crippen LogP contribution in [0.2, 0.25) is 0 Å². The Morgan fingerprint density at radius 3 is 2.69 bits per heavy atom. The smallest absolute Gasteiger partial charge is 0.227 e. The second-order valence-electron chi connectivity index (χ2n) is 9.89. The van der Waals surface area contributed by atoms with E-state index in [-0.39, 0.29) is 17.6 Å². The zero-order valence-electron chi connectivity index (χ0n) is 20.9. The SMILES string of the molecule is O=C(Nc1cncc(-c2ccc3[nH]nc(-c4nc5c(-c6ccccc6F)nccc5[nH]4)c3c2)c1)C1CCCC1. The summed E-state index contributed by atoms with van der Waals surface area (Å²) in [6.07, 6.45) is 9.19. The molecule has 1 fully saturated rings. The molecular weight excluding hydrogens is 493 g/mol. The minimum atomic E-state index is -0.354. The van der Waals surface area contributed by atoms with Crippen molar-refractivity contribution in [2.24, 2.45) is 5.92 Å². The van der Waals surface area contributed by atoms with Gasteiger partial charge < -0.3 is 10.3 Å². The van der Waals surface area contributed by atoms with Gasteiger partial charge in [-0.1, -0.05) is 31.0 Å². The van der Waals surface area contributed by atoms with Crippen LogP contribution in [-0.4, -0.2) is 36.0 Å². The van der Waals surface area contributed by atoms with E-state index in [2.05, 4.69) is 30.5 Å². The molecular formula is C30H24FN7O. The Labute approximate surface area is 222 Å². The van der Waals surface area contributed by atoms with Crippen molar-refractivity contribution in [2.75, 3.05) is 5.32 Å². The summed E-state index contributed by atoms with van der Waals surface area (Å²) in [7, 11) is 0. The van der Waals surface area contributed by atoms with Crippen LogP contribution in [0, 0.1) is 11.7 Å². The van der Waals surface area contributed by atoms with Crippen LogP contribution in [0.5, 0.6) is 0 Å². The number of hydrogen-bond donors (Lipinski definition) is 3. The fourth-order valence-corrected chi connectivity index (χ4v) is 5.37. The van der Waals surface area contributed by atoms with Crippen LogP contribution >= 0.6 is 0 Å². The maximum absolute atomic E-state index is 14.6. The fourth-order valence-electron chi connectivity index (χ4n) is 5.37. The molecule has 1 saturated carbocycles. The first-order valence-corrected chi connectivity index (χ1v) is 13.0. The van der Waals surface area contributed by atoms with Gasteiger partial charge in [0.25, 0.3) is 0 Å². The number of aromatic amines is 2. The van der Waals surface area contributed by atoms with Crippen molar-refractivity contribution >= 4 is 33.5 Å². The summed E-state index contributed by atoms with van der Waals surface area (Å²) >= 11 is 0. The number of fused-ring (bicyclic) bond motifs is 2. The van der Waals surface area contributed by atoms with Crippen LogP contribution in [-0.2, 0) is 4.79 Å². The standard InChI is InChI=1S/C30H24FN7O/c31-23-8-4-3-7-21(23)26-28-25(11-12-33-26)35-29(36-28)27-22-14-18(9-10-24(22)37-38-27)19-13-20(16-32-15-19)34-30(39)17-5-1-2-6-17/h3-4,7-17H,1-2,5-6H2,(H,34,39)(H,35,36)(H,37,38). The molecule has 0 spiro atoms. The molecule has 0 radical (unpaired) electrons. The van der Waals surface area contributed by atoms with Gasteiger partial charge in [0.05, 0.1) is 22.9 Å². The molecule has 4 heterocycles. The number of carbonyl (C=O) groups is 1. The van der Waals surface area contributed by atoms with Gasteiger partial charge in [-0.05, 0) is 54.8 Å². The van der Waals surface area contributed by atoms with Gasteiger partial charge in [-0.2, -0.15) is 5.10 Å². The number of halogens is 1. The molecule has 8 nitrogen and oxygen atoms in total. The summed E-state index contributed by atoms with van der Waals surface area (Å²) in [5, 5.41) is 11.5. The van der Waals surface area contributed by atoms with Crippen molar-refractivity contribution in [1.82, 2.24) is 30.1 Å². The Hall–Kier alpha value is -4.92. The average Bonchev–Trinajstić information content (AvgIpc) is 3.73. The number of rotatable bonds is 5. The predicted octanol–water partition coefficient (Wildman–Crippen LogP) is 6.50. The lowest BCUT2D eigenvalue weighted by Gasteiger charge is -2.11. The van der Waals surface area contributed by atoms with Crippen LogP contribution in [0.4, 0.5) is 10.1 Å². The van der Waals surface area contributed by atoms with E-state index in [1.54, 1.807) is 36.8 Å². The third-order valence-electron chi connectivity index (χ3n) is 7.38. The van der Waals surface area contributed by atoms with Crippen molar-refractivity contribution in [1.29, 1.82) is 0 Å². The lowest BCUT2D eigenvalue weighted by Crippen LogP contribution is -2.20.